The lowest BCUT2D eigenvalue weighted by Gasteiger charge is -2.27. The second-order valence-corrected chi connectivity index (χ2v) is 5.13. The number of ketones is 1. The monoisotopic (exact) mass is 228 g/mol. The molecule has 6 atom stereocenters. The van der Waals surface area contributed by atoms with Crippen LogP contribution in [0.2, 0.25) is 0 Å². The molecule has 0 radical (unpaired) electrons. The number of rotatable bonds is 3. The maximum Gasteiger partial charge on any atom is 0.196 e. The van der Waals surface area contributed by atoms with Gasteiger partial charge in [-0.15, -0.1) is 0 Å². The van der Waals surface area contributed by atoms with E-state index in [4.69, 9.17) is 9.47 Å². The van der Waals surface area contributed by atoms with Crippen LogP contribution >= 0.6 is 0 Å². The minimum Gasteiger partial charge on any atom is -0.393 e. The molecule has 5 unspecified atom stereocenters. The summed E-state index contributed by atoms with van der Waals surface area (Å²) in [5.74, 6) is -0.396. The molecule has 2 N–H and O–H groups in total. The Hall–Kier alpha value is -0.490. The Labute approximate surface area is 93.3 Å². The predicted molar refractivity (Wildman–Crippen MR) is 52.8 cm³/mol. The van der Waals surface area contributed by atoms with E-state index in [0.29, 0.717) is 13.0 Å². The lowest BCUT2D eigenvalue weighted by atomic mass is 9.75. The van der Waals surface area contributed by atoms with Crippen molar-refractivity contribution in [1.82, 2.24) is 0 Å². The molecule has 90 valence electrons. The van der Waals surface area contributed by atoms with Crippen LogP contribution in [0.5, 0.6) is 0 Å². The maximum atomic E-state index is 12.0. The molecule has 3 rings (SSSR count). The van der Waals surface area contributed by atoms with Crippen molar-refractivity contribution in [2.45, 2.75) is 49.8 Å². The Morgan fingerprint density at radius 2 is 2.31 bits per heavy atom. The topological polar surface area (TPSA) is 82.6 Å². The van der Waals surface area contributed by atoms with Crippen molar-refractivity contribution >= 4 is 5.78 Å². The van der Waals surface area contributed by atoms with Gasteiger partial charge in [0.25, 0.3) is 0 Å². The van der Waals surface area contributed by atoms with Crippen LogP contribution in [0.4, 0.5) is 0 Å². The van der Waals surface area contributed by atoms with Gasteiger partial charge in [0.1, 0.15) is 6.10 Å². The van der Waals surface area contributed by atoms with E-state index in [9.17, 15) is 15.0 Å². The Balaban J connectivity index is 1.76. The summed E-state index contributed by atoms with van der Waals surface area (Å²) in [6.45, 7) is 2.26. The van der Waals surface area contributed by atoms with Gasteiger partial charge in [0.2, 0.25) is 0 Å². The van der Waals surface area contributed by atoms with Gasteiger partial charge < -0.3 is 19.7 Å². The Kier molecular flexibility index (Phi) is 2.17. The first kappa shape index (κ1) is 10.7. The zero-order chi connectivity index (χ0) is 11.5. The summed E-state index contributed by atoms with van der Waals surface area (Å²) in [6, 6.07) is 0. The first-order valence-corrected chi connectivity index (χ1v) is 5.74. The van der Waals surface area contributed by atoms with Gasteiger partial charge in [0.05, 0.1) is 24.9 Å². The summed E-state index contributed by atoms with van der Waals surface area (Å²) < 4.78 is 10.6. The lowest BCUT2D eigenvalue weighted by Crippen LogP contribution is -2.48. The molecule has 2 saturated heterocycles. The van der Waals surface area contributed by atoms with E-state index in [1.165, 1.54) is 0 Å². The number of carbonyl (C=O) groups excluding carboxylic acids is 1. The molecule has 1 aliphatic carbocycles. The van der Waals surface area contributed by atoms with Gasteiger partial charge in [-0.1, -0.05) is 0 Å². The van der Waals surface area contributed by atoms with Crippen LogP contribution < -0.4 is 0 Å². The molecule has 0 bridgehead atoms. The highest BCUT2D eigenvalue weighted by atomic mass is 16.6. The van der Waals surface area contributed by atoms with Gasteiger partial charge in [0.15, 0.2) is 11.4 Å². The van der Waals surface area contributed by atoms with Gasteiger partial charge in [-0.05, 0) is 13.3 Å². The molecule has 1 saturated carbocycles. The van der Waals surface area contributed by atoms with Crippen molar-refractivity contribution in [3.63, 3.8) is 0 Å². The maximum absolute atomic E-state index is 12.0. The third-order valence-electron chi connectivity index (χ3n) is 3.83. The van der Waals surface area contributed by atoms with Crippen LogP contribution in [0, 0.1) is 5.92 Å². The van der Waals surface area contributed by atoms with Crippen LogP contribution in [0.3, 0.4) is 0 Å². The first-order chi connectivity index (χ1) is 7.54. The average Bonchev–Trinajstić information content (AvgIpc) is 3.04. The predicted octanol–water partition coefficient (Wildman–Crippen LogP) is -0.756. The van der Waals surface area contributed by atoms with E-state index in [-0.39, 0.29) is 30.3 Å². The molecular formula is C11H16O5. The van der Waals surface area contributed by atoms with Crippen LogP contribution in [0.25, 0.3) is 0 Å². The third-order valence-corrected chi connectivity index (χ3v) is 3.83. The third kappa shape index (κ3) is 1.43. The number of epoxide rings is 2. The summed E-state index contributed by atoms with van der Waals surface area (Å²) in [6.07, 6.45) is -0.754. The molecule has 0 aromatic rings. The number of Topliss-reactive ketones (excluding diaryl/α,β-unsaturated/α-hetero) is 1. The summed E-state index contributed by atoms with van der Waals surface area (Å²) in [4.78, 5) is 12.0. The molecule has 0 amide bonds. The number of carbonyl (C=O) groups is 1. The minimum absolute atomic E-state index is 0.0210. The Bertz CT molecular complexity index is 324. The van der Waals surface area contributed by atoms with Crippen LogP contribution in [-0.2, 0) is 14.3 Å². The van der Waals surface area contributed by atoms with E-state index < -0.39 is 17.8 Å². The SMILES string of the molecule is C[C@@H](O)CC12OC1CC(C1CO1)C(O)C2=O. The van der Waals surface area contributed by atoms with E-state index >= 15 is 0 Å². The van der Waals surface area contributed by atoms with E-state index in [1.54, 1.807) is 6.92 Å². The molecular weight excluding hydrogens is 212 g/mol. The number of ether oxygens (including phenoxy) is 2. The highest BCUT2D eigenvalue weighted by Crippen LogP contribution is 2.52. The summed E-state index contributed by atoms with van der Waals surface area (Å²) in [5.41, 5.74) is -0.904. The molecule has 2 heterocycles. The number of hydrogen-bond donors (Lipinski definition) is 2. The second kappa shape index (κ2) is 3.26. The highest BCUT2D eigenvalue weighted by molar-refractivity contribution is 5.95. The van der Waals surface area contributed by atoms with Gasteiger partial charge in [-0.3, -0.25) is 4.79 Å². The van der Waals surface area contributed by atoms with Crippen molar-refractivity contribution in [3.8, 4) is 0 Å². The van der Waals surface area contributed by atoms with Crippen molar-refractivity contribution in [2.75, 3.05) is 6.61 Å². The fourth-order valence-corrected chi connectivity index (χ4v) is 2.87. The number of hydrogen-bond acceptors (Lipinski definition) is 5. The van der Waals surface area contributed by atoms with E-state index in [0.717, 1.165) is 0 Å². The average molecular weight is 228 g/mol. The summed E-state index contributed by atoms with van der Waals surface area (Å²) in [7, 11) is 0. The van der Waals surface area contributed by atoms with Gasteiger partial charge in [-0.25, -0.2) is 0 Å². The fourth-order valence-electron chi connectivity index (χ4n) is 2.87. The summed E-state index contributed by atoms with van der Waals surface area (Å²) in [5, 5.41) is 19.3. The van der Waals surface area contributed by atoms with Crippen molar-refractivity contribution in [1.29, 1.82) is 0 Å². The summed E-state index contributed by atoms with van der Waals surface area (Å²) >= 11 is 0. The quantitative estimate of drug-likeness (QED) is 0.621. The Morgan fingerprint density at radius 1 is 1.62 bits per heavy atom. The van der Waals surface area contributed by atoms with Gasteiger partial charge in [-0.2, -0.15) is 0 Å². The molecule has 2 aliphatic heterocycles. The second-order valence-electron chi connectivity index (χ2n) is 5.13. The van der Waals surface area contributed by atoms with E-state index in [2.05, 4.69) is 0 Å². The zero-order valence-corrected chi connectivity index (χ0v) is 9.13. The molecule has 0 aromatic carbocycles. The zero-order valence-electron chi connectivity index (χ0n) is 9.13. The lowest BCUT2D eigenvalue weighted by molar-refractivity contribution is -0.138. The molecule has 0 aromatic heterocycles. The van der Waals surface area contributed by atoms with Crippen molar-refractivity contribution in [2.24, 2.45) is 5.92 Å². The fraction of sp³-hybridized carbons (Fsp3) is 0.909. The molecule has 5 heteroatoms. The molecule has 16 heavy (non-hydrogen) atoms. The molecule has 5 nitrogen and oxygen atoms in total. The highest BCUT2D eigenvalue weighted by Gasteiger charge is 2.69. The molecule has 3 fully saturated rings. The molecule has 3 aliphatic rings. The van der Waals surface area contributed by atoms with Crippen LogP contribution in [0.1, 0.15) is 19.8 Å². The first-order valence-electron chi connectivity index (χ1n) is 5.74. The van der Waals surface area contributed by atoms with Crippen molar-refractivity contribution < 1.29 is 24.5 Å². The van der Waals surface area contributed by atoms with Gasteiger partial charge in [0, 0.05) is 12.3 Å². The molecule has 0 spiro atoms. The number of aliphatic hydroxyl groups excluding tert-OH is 2. The van der Waals surface area contributed by atoms with Gasteiger partial charge >= 0.3 is 0 Å². The van der Waals surface area contributed by atoms with E-state index in [1.807, 2.05) is 0 Å². The minimum atomic E-state index is -0.995. The standard InChI is InChI=1S/C11H16O5/c1-5(12)3-11-8(16-11)2-6(7-4-15-7)9(13)10(11)14/h5-9,12-13H,2-4H2,1H3/t5-,6?,7?,8?,9?,11?/m1/s1. The van der Waals surface area contributed by atoms with Crippen molar-refractivity contribution in [3.05, 3.63) is 0 Å². The Morgan fingerprint density at radius 3 is 2.88 bits per heavy atom. The van der Waals surface area contributed by atoms with Crippen LogP contribution in [-0.4, -0.2) is 52.6 Å². The largest absolute Gasteiger partial charge is 0.393 e. The smallest absolute Gasteiger partial charge is 0.196 e. The number of aliphatic hydroxyl groups is 2. The normalized spacial score (nSPS) is 52.1. The number of fused-ring (bicyclic) bond motifs is 1. The van der Waals surface area contributed by atoms with Crippen LogP contribution in [0.15, 0.2) is 0 Å².